The zero-order chi connectivity index (χ0) is 25.1. The van der Waals surface area contributed by atoms with Gasteiger partial charge >= 0.3 is 6.01 Å². The Morgan fingerprint density at radius 3 is 2.60 bits per heavy atom. The quantitative estimate of drug-likeness (QED) is 0.211. The number of allylic oxidation sites excluding steroid dienone is 4. The van der Waals surface area contributed by atoms with E-state index >= 15 is 0 Å². The molecule has 0 fully saturated rings. The predicted octanol–water partition coefficient (Wildman–Crippen LogP) is 2.57. The molecule has 12 nitrogen and oxygen atoms in total. The summed E-state index contributed by atoms with van der Waals surface area (Å²) in [6.07, 6.45) is 13.7. The van der Waals surface area contributed by atoms with Crippen LogP contribution in [0.5, 0.6) is 11.9 Å². The number of hydrogen-bond donors (Lipinski definition) is 4. The third-order valence-electron chi connectivity index (χ3n) is 4.40. The average molecular weight is 565 g/mol. The Bertz CT molecular complexity index is 1220. The van der Waals surface area contributed by atoms with E-state index in [1.165, 1.54) is 6.33 Å². The number of halogens is 1. The average Bonchev–Trinajstić information content (AvgIpc) is 2.84. The second-order valence-corrected chi connectivity index (χ2v) is 9.42. The van der Waals surface area contributed by atoms with E-state index in [0.29, 0.717) is 29.8 Å². The Hall–Kier alpha value is -3.36. The van der Waals surface area contributed by atoms with Gasteiger partial charge in [-0.3, -0.25) is 4.72 Å². The van der Waals surface area contributed by atoms with Crippen molar-refractivity contribution >= 4 is 43.7 Å². The van der Waals surface area contributed by atoms with Crippen LogP contribution in [0.3, 0.4) is 0 Å². The summed E-state index contributed by atoms with van der Waals surface area (Å²) in [5, 5.41) is 10.2. The number of aromatic nitrogens is 4. The van der Waals surface area contributed by atoms with Crippen LogP contribution in [-0.4, -0.2) is 54.3 Å². The van der Waals surface area contributed by atoms with Gasteiger partial charge in [-0.05, 0) is 34.5 Å². The minimum atomic E-state index is -3.87. The van der Waals surface area contributed by atoms with Crippen molar-refractivity contribution in [3.63, 3.8) is 0 Å². The van der Waals surface area contributed by atoms with Crippen molar-refractivity contribution < 1.29 is 17.9 Å². The van der Waals surface area contributed by atoms with Crippen LogP contribution < -0.4 is 24.2 Å². The van der Waals surface area contributed by atoms with Crippen LogP contribution in [0, 0.1) is 5.41 Å². The molecule has 0 unspecified atom stereocenters. The molecule has 1 aliphatic heterocycles. The molecule has 4 N–H and O–H groups in total. The second-order valence-electron chi connectivity index (χ2n) is 7.00. The molecule has 14 heteroatoms. The summed E-state index contributed by atoms with van der Waals surface area (Å²) < 4.78 is 42.1. The second kappa shape index (κ2) is 12.9. The number of dihydropyridines is 1. The zero-order valence-electron chi connectivity index (χ0n) is 18.9. The first-order valence-corrected chi connectivity index (χ1v) is 12.9. The first-order valence-electron chi connectivity index (χ1n) is 10.6. The summed E-state index contributed by atoms with van der Waals surface area (Å²) in [5.41, 5.74) is 1.60. The van der Waals surface area contributed by atoms with Crippen molar-refractivity contribution in [1.29, 1.82) is 5.41 Å². The third-order valence-corrected chi connectivity index (χ3v) is 5.86. The maximum absolute atomic E-state index is 12.6. The van der Waals surface area contributed by atoms with Gasteiger partial charge in [-0.15, -0.1) is 0 Å². The lowest BCUT2D eigenvalue weighted by Gasteiger charge is -2.18. The minimum Gasteiger partial charge on any atom is -0.473 e. The van der Waals surface area contributed by atoms with Crippen LogP contribution in [0.2, 0.25) is 0 Å². The van der Waals surface area contributed by atoms with E-state index in [9.17, 15) is 8.42 Å². The highest BCUT2D eigenvalue weighted by Crippen LogP contribution is 2.32. The molecule has 3 heterocycles. The van der Waals surface area contributed by atoms with E-state index in [0.717, 1.165) is 17.1 Å². The topological polar surface area (TPSA) is 164 Å². The molecule has 35 heavy (non-hydrogen) atoms. The van der Waals surface area contributed by atoms with Gasteiger partial charge in [-0.2, -0.15) is 13.1 Å². The largest absolute Gasteiger partial charge is 0.473 e. The molecule has 186 valence electrons. The van der Waals surface area contributed by atoms with Gasteiger partial charge in [0.15, 0.2) is 5.82 Å². The first kappa shape index (κ1) is 26.2. The number of anilines is 1. The van der Waals surface area contributed by atoms with Crippen LogP contribution in [0.15, 0.2) is 53.3 Å². The molecule has 3 rings (SSSR count). The summed E-state index contributed by atoms with van der Waals surface area (Å²) in [6.45, 7) is 2.49. The molecular weight excluding hydrogens is 540 g/mol. The smallest absolute Gasteiger partial charge is 0.316 e. The van der Waals surface area contributed by atoms with Crippen molar-refractivity contribution in [2.45, 2.75) is 19.8 Å². The lowest BCUT2D eigenvalue weighted by molar-refractivity contribution is 0.201. The first-order chi connectivity index (χ1) is 16.9. The Kier molecular flexibility index (Phi) is 9.69. The van der Waals surface area contributed by atoms with E-state index in [2.05, 4.69) is 50.6 Å². The van der Waals surface area contributed by atoms with Gasteiger partial charge < -0.3 is 20.2 Å². The van der Waals surface area contributed by atoms with E-state index < -0.39 is 10.2 Å². The van der Waals surface area contributed by atoms with Gasteiger partial charge in [0.2, 0.25) is 5.88 Å². The van der Waals surface area contributed by atoms with Gasteiger partial charge in [-0.25, -0.2) is 19.9 Å². The standard InChI is InChI=1S/C21H25BrN8O4S/c1-2-3-8-29-35(31,32)30-19-18(15-4-5-17(6-7-23)24-11-15)20(28-14-27-19)33-9-10-34-21-25-12-16(22)13-26-21/h4-7,11-14,23-24,29H,2-3,8-10H2,1H3,(H,27,28,30)/b17-6-,23-7?. The molecule has 0 radical (unpaired) electrons. The van der Waals surface area contributed by atoms with Crippen molar-refractivity contribution in [3.8, 4) is 11.9 Å². The number of unbranched alkanes of at least 4 members (excludes halogenated alkanes) is 1. The number of ether oxygens (including phenoxy) is 2. The predicted molar refractivity (Wildman–Crippen MR) is 135 cm³/mol. The molecule has 1 aliphatic rings. The molecule has 0 amide bonds. The van der Waals surface area contributed by atoms with Gasteiger partial charge in [0.25, 0.3) is 10.2 Å². The Balaban J connectivity index is 1.80. The van der Waals surface area contributed by atoms with Crippen molar-refractivity contribution in [1.82, 2.24) is 30.0 Å². The van der Waals surface area contributed by atoms with Crippen LogP contribution in [0.25, 0.3) is 5.57 Å². The van der Waals surface area contributed by atoms with E-state index in [1.54, 1.807) is 36.8 Å². The van der Waals surface area contributed by atoms with Crippen LogP contribution in [-0.2, 0) is 10.2 Å². The number of nitrogens with zero attached hydrogens (tertiary/aromatic N) is 4. The van der Waals surface area contributed by atoms with Crippen LogP contribution in [0.4, 0.5) is 5.82 Å². The summed E-state index contributed by atoms with van der Waals surface area (Å²) in [4.78, 5) is 16.4. The summed E-state index contributed by atoms with van der Waals surface area (Å²) in [6, 6.07) is 0.193. The van der Waals surface area contributed by atoms with Gasteiger partial charge in [0.1, 0.15) is 19.5 Å². The molecule has 0 bridgehead atoms. The Labute approximate surface area is 211 Å². The SMILES string of the molecule is CCCCNS(=O)(=O)Nc1ncnc(OCCOc2ncc(Br)cn2)c1C1=CN/C(=C\C=N)C=C1. The highest BCUT2D eigenvalue weighted by molar-refractivity contribution is 9.10. The highest BCUT2D eigenvalue weighted by atomic mass is 79.9. The van der Waals surface area contributed by atoms with E-state index in [1.807, 2.05) is 6.92 Å². The minimum absolute atomic E-state index is 0.0494. The van der Waals surface area contributed by atoms with Gasteiger partial charge in [0, 0.05) is 42.6 Å². The summed E-state index contributed by atoms with van der Waals surface area (Å²) in [7, 11) is -3.87. The number of nitrogens with one attached hydrogen (secondary N) is 4. The van der Waals surface area contributed by atoms with Gasteiger partial charge in [0.05, 0.1) is 10.0 Å². The Morgan fingerprint density at radius 1 is 1.14 bits per heavy atom. The molecular formula is C21H25BrN8O4S. The summed E-state index contributed by atoms with van der Waals surface area (Å²) in [5.74, 6) is 0.206. The lowest BCUT2D eigenvalue weighted by Crippen LogP contribution is -2.31. The molecule has 2 aromatic rings. The molecule has 2 aromatic heterocycles. The zero-order valence-corrected chi connectivity index (χ0v) is 21.3. The normalized spacial score (nSPS) is 14.2. The van der Waals surface area contributed by atoms with E-state index in [-0.39, 0.29) is 30.9 Å². The monoisotopic (exact) mass is 564 g/mol. The van der Waals surface area contributed by atoms with Crippen LogP contribution in [0.1, 0.15) is 25.3 Å². The molecule has 0 saturated carbocycles. The Morgan fingerprint density at radius 2 is 1.91 bits per heavy atom. The maximum Gasteiger partial charge on any atom is 0.316 e. The molecule has 0 saturated heterocycles. The number of rotatable bonds is 13. The fourth-order valence-corrected chi connectivity index (χ4v) is 3.89. The number of hydrogen-bond acceptors (Lipinski definition) is 10. The maximum atomic E-state index is 12.6. The fourth-order valence-electron chi connectivity index (χ4n) is 2.80. The fraction of sp³-hybridized carbons (Fsp3) is 0.286. The van der Waals surface area contributed by atoms with E-state index in [4.69, 9.17) is 14.9 Å². The highest BCUT2D eigenvalue weighted by Gasteiger charge is 2.21. The van der Waals surface area contributed by atoms with Crippen molar-refractivity contribution in [2.75, 3.05) is 24.5 Å². The molecule has 0 atom stereocenters. The van der Waals surface area contributed by atoms with Crippen molar-refractivity contribution in [3.05, 3.63) is 58.9 Å². The van der Waals surface area contributed by atoms with Gasteiger partial charge in [-0.1, -0.05) is 19.4 Å². The lowest BCUT2D eigenvalue weighted by atomic mass is 10.1. The van der Waals surface area contributed by atoms with Crippen LogP contribution >= 0.6 is 15.9 Å². The molecule has 0 aromatic carbocycles. The summed E-state index contributed by atoms with van der Waals surface area (Å²) >= 11 is 3.26. The third kappa shape index (κ3) is 8.12. The molecule has 0 spiro atoms. The van der Waals surface area contributed by atoms with Crippen molar-refractivity contribution in [2.24, 2.45) is 0 Å². The molecule has 0 aliphatic carbocycles.